The van der Waals surface area contributed by atoms with Crippen molar-refractivity contribution < 1.29 is 24.7 Å². The molecule has 0 aliphatic heterocycles. The molecule has 0 aliphatic rings. The average molecular weight is 266 g/mol. The van der Waals surface area contributed by atoms with Crippen molar-refractivity contribution >= 4 is 23.3 Å². The van der Waals surface area contributed by atoms with Crippen molar-refractivity contribution in [2.24, 2.45) is 0 Å². The molecule has 0 fully saturated rings. The standard InChI is InChI=1S/C11H10N2O6/c1-6-2-3-7(13(18)19)4-8(6)12-9(11(16)17)5-10(14)15/h2-5,12H,1H3,(H,14,15)(H,16,17). The third kappa shape index (κ3) is 3.80. The van der Waals surface area contributed by atoms with Crippen molar-refractivity contribution in [3.05, 3.63) is 45.6 Å². The zero-order valence-electron chi connectivity index (χ0n) is 9.78. The van der Waals surface area contributed by atoms with E-state index in [4.69, 9.17) is 10.2 Å². The number of nitrogens with one attached hydrogen (secondary N) is 1. The van der Waals surface area contributed by atoms with Gasteiger partial charge in [0.1, 0.15) is 5.70 Å². The minimum atomic E-state index is -1.48. The minimum absolute atomic E-state index is 0.157. The first-order valence-electron chi connectivity index (χ1n) is 5.01. The topological polar surface area (TPSA) is 130 Å². The van der Waals surface area contributed by atoms with Gasteiger partial charge in [-0.15, -0.1) is 0 Å². The van der Waals surface area contributed by atoms with E-state index in [1.807, 2.05) is 0 Å². The van der Waals surface area contributed by atoms with Crippen LogP contribution in [0.25, 0.3) is 0 Å². The van der Waals surface area contributed by atoms with Gasteiger partial charge in [0, 0.05) is 17.8 Å². The van der Waals surface area contributed by atoms with Gasteiger partial charge in [0.05, 0.1) is 11.0 Å². The Morgan fingerprint density at radius 2 is 2.00 bits per heavy atom. The molecule has 3 N–H and O–H groups in total. The number of nitrogens with zero attached hydrogens (tertiary/aromatic N) is 1. The smallest absolute Gasteiger partial charge is 0.352 e. The molecular formula is C11H10N2O6. The Kier molecular flexibility index (Phi) is 4.19. The maximum absolute atomic E-state index is 10.8. The summed E-state index contributed by atoms with van der Waals surface area (Å²) in [6.45, 7) is 1.60. The van der Waals surface area contributed by atoms with Crippen LogP contribution in [0.5, 0.6) is 0 Å². The van der Waals surface area contributed by atoms with Gasteiger partial charge in [-0.2, -0.15) is 0 Å². The lowest BCUT2D eigenvalue weighted by atomic mass is 10.1. The van der Waals surface area contributed by atoms with E-state index in [0.717, 1.165) is 6.07 Å². The Morgan fingerprint density at radius 3 is 2.47 bits per heavy atom. The predicted octanol–water partition coefficient (Wildman–Crippen LogP) is 1.37. The maximum Gasteiger partial charge on any atom is 0.352 e. The van der Waals surface area contributed by atoms with Gasteiger partial charge >= 0.3 is 11.9 Å². The second-order valence-corrected chi connectivity index (χ2v) is 3.58. The Hall–Kier alpha value is -2.90. The molecule has 0 atom stereocenters. The van der Waals surface area contributed by atoms with Crippen LogP contribution in [0.1, 0.15) is 5.56 Å². The third-order valence-corrected chi connectivity index (χ3v) is 2.20. The van der Waals surface area contributed by atoms with Gasteiger partial charge in [0.2, 0.25) is 0 Å². The lowest BCUT2D eigenvalue weighted by Crippen LogP contribution is -2.13. The minimum Gasteiger partial charge on any atom is -0.478 e. The quantitative estimate of drug-likeness (QED) is 0.416. The van der Waals surface area contributed by atoms with E-state index >= 15 is 0 Å². The molecule has 1 aromatic carbocycles. The van der Waals surface area contributed by atoms with Crippen LogP contribution < -0.4 is 5.32 Å². The lowest BCUT2D eigenvalue weighted by Gasteiger charge is -2.09. The van der Waals surface area contributed by atoms with Crippen molar-refractivity contribution in [3.8, 4) is 0 Å². The fourth-order valence-corrected chi connectivity index (χ4v) is 1.28. The molecule has 0 bridgehead atoms. The number of nitro groups is 1. The summed E-state index contributed by atoms with van der Waals surface area (Å²) in [6.07, 6.45) is 0.473. The molecular weight excluding hydrogens is 256 g/mol. The van der Waals surface area contributed by atoms with Gasteiger partial charge in [-0.3, -0.25) is 10.1 Å². The highest BCUT2D eigenvalue weighted by Crippen LogP contribution is 2.23. The molecule has 0 heterocycles. The molecule has 1 aromatic rings. The van der Waals surface area contributed by atoms with Gasteiger partial charge in [-0.05, 0) is 12.5 Å². The summed E-state index contributed by atoms with van der Waals surface area (Å²) in [5, 5.41) is 30.3. The van der Waals surface area contributed by atoms with Gasteiger partial charge < -0.3 is 15.5 Å². The fraction of sp³-hybridized carbons (Fsp3) is 0.0909. The molecule has 0 aliphatic carbocycles. The van der Waals surface area contributed by atoms with Gasteiger partial charge in [-0.25, -0.2) is 9.59 Å². The Bertz CT molecular complexity index is 579. The van der Waals surface area contributed by atoms with E-state index < -0.39 is 22.6 Å². The fourth-order valence-electron chi connectivity index (χ4n) is 1.28. The van der Waals surface area contributed by atoms with E-state index in [-0.39, 0.29) is 11.4 Å². The summed E-state index contributed by atoms with van der Waals surface area (Å²) in [5.74, 6) is -2.92. The predicted molar refractivity (Wildman–Crippen MR) is 64.8 cm³/mol. The third-order valence-electron chi connectivity index (χ3n) is 2.20. The molecule has 0 spiro atoms. The second-order valence-electron chi connectivity index (χ2n) is 3.58. The van der Waals surface area contributed by atoms with E-state index in [9.17, 15) is 19.7 Å². The number of carbonyl (C=O) groups is 2. The van der Waals surface area contributed by atoms with Gasteiger partial charge in [-0.1, -0.05) is 6.07 Å². The molecule has 0 saturated heterocycles. The molecule has 19 heavy (non-hydrogen) atoms. The summed E-state index contributed by atoms with van der Waals surface area (Å²) in [5.41, 5.74) is -0.114. The number of carboxylic acid groups (broad SMARTS) is 2. The SMILES string of the molecule is Cc1ccc([N+](=O)[O-])cc1NC(=CC(=O)O)C(=O)O. The van der Waals surface area contributed by atoms with Crippen molar-refractivity contribution in [1.82, 2.24) is 0 Å². The van der Waals surface area contributed by atoms with E-state index in [2.05, 4.69) is 5.32 Å². The molecule has 8 heteroatoms. The molecule has 0 unspecified atom stereocenters. The number of non-ortho nitro benzene ring substituents is 1. The molecule has 8 nitrogen and oxygen atoms in total. The lowest BCUT2D eigenvalue weighted by molar-refractivity contribution is -0.384. The highest BCUT2D eigenvalue weighted by atomic mass is 16.6. The van der Waals surface area contributed by atoms with Gasteiger partial charge in [0.25, 0.3) is 5.69 Å². The molecule has 0 radical (unpaired) electrons. The van der Waals surface area contributed by atoms with Crippen LogP contribution >= 0.6 is 0 Å². The van der Waals surface area contributed by atoms with E-state index in [0.29, 0.717) is 11.6 Å². The van der Waals surface area contributed by atoms with E-state index in [1.54, 1.807) is 6.92 Å². The first-order valence-corrected chi connectivity index (χ1v) is 5.01. The zero-order valence-corrected chi connectivity index (χ0v) is 9.78. The summed E-state index contributed by atoms with van der Waals surface area (Å²) < 4.78 is 0. The van der Waals surface area contributed by atoms with Crippen molar-refractivity contribution in [2.75, 3.05) is 5.32 Å². The van der Waals surface area contributed by atoms with Crippen LogP contribution in [-0.4, -0.2) is 27.1 Å². The zero-order chi connectivity index (χ0) is 14.6. The number of aryl methyl sites for hydroxylation is 1. The second kappa shape index (κ2) is 5.63. The monoisotopic (exact) mass is 266 g/mol. The molecule has 0 saturated carbocycles. The number of nitro benzene ring substituents is 1. The number of hydrogen-bond donors (Lipinski definition) is 3. The number of rotatable bonds is 5. The highest BCUT2D eigenvalue weighted by Gasteiger charge is 2.14. The van der Waals surface area contributed by atoms with Crippen LogP contribution in [-0.2, 0) is 9.59 Å². The number of anilines is 1. The highest BCUT2D eigenvalue weighted by molar-refractivity contribution is 5.97. The number of carboxylic acids is 2. The molecule has 100 valence electrons. The largest absolute Gasteiger partial charge is 0.478 e. The first-order chi connectivity index (χ1) is 8.81. The number of hydrogen-bond acceptors (Lipinski definition) is 5. The van der Waals surface area contributed by atoms with Crippen LogP contribution in [0, 0.1) is 17.0 Å². The Labute approximate surface area is 107 Å². The Morgan fingerprint density at radius 1 is 1.37 bits per heavy atom. The van der Waals surface area contributed by atoms with Crippen molar-refractivity contribution in [1.29, 1.82) is 0 Å². The van der Waals surface area contributed by atoms with Crippen LogP contribution in [0.15, 0.2) is 30.0 Å². The van der Waals surface area contributed by atoms with Crippen molar-refractivity contribution in [2.45, 2.75) is 6.92 Å². The van der Waals surface area contributed by atoms with E-state index in [1.165, 1.54) is 12.1 Å². The molecule has 0 amide bonds. The summed E-state index contributed by atoms with van der Waals surface area (Å²) in [4.78, 5) is 31.3. The Balaban J connectivity index is 3.16. The maximum atomic E-state index is 10.8. The number of benzene rings is 1. The molecule has 0 aromatic heterocycles. The van der Waals surface area contributed by atoms with Crippen LogP contribution in [0.4, 0.5) is 11.4 Å². The summed E-state index contributed by atoms with van der Waals surface area (Å²) >= 11 is 0. The van der Waals surface area contributed by atoms with Crippen LogP contribution in [0.3, 0.4) is 0 Å². The molecule has 1 rings (SSSR count). The van der Waals surface area contributed by atoms with Gasteiger partial charge in [0.15, 0.2) is 0 Å². The summed E-state index contributed by atoms with van der Waals surface area (Å²) in [6, 6.07) is 3.83. The normalized spacial score (nSPS) is 10.9. The van der Waals surface area contributed by atoms with Crippen LogP contribution in [0.2, 0.25) is 0 Å². The van der Waals surface area contributed by atoms with Crippen molar-refractivity contribution in [3.63, 3.8) is 0 Å². The average Bonchev–Trinajstić information content (AvgIpc) is 2.29. The first kappa shape index (κ1) is 14.2. The summed E-state index contributed by atoms with van der Waals surface area (Å²) in [7, 11) is 0. The number of aliphatic carboxylic acids is 2.